The molecule has 0 bridgehead atoms. The van der Waals surface area contributed by atoms with Crippen molar-refractivity contribution >= 4 is 23.4 Å². The molecule has 0 atom stereocenters. The molecule has 0 spiro atoms. The minimum Gasteiger partial charge on any atom is -0.494 e. The van der Waals surface area contributed by atoms with Gasteiger partial charge in [0, 0.05) is 17.8 Å². The number of nitrogens with one attached hydrogen (secondary N) is 1. The van der Waals surface area contributed by atoms with Gasteiger partial charge in [0.25, 0.3) is 0 Å². The van der Waals surface area contributed by atoms with E-state index in [-0.39, 0.29) is 11.7 Å². The molecule has 180 valence electrons. The first-order valence-corrected chi connectivity index (χ1v) is 12.9. The Hall–Kier alpha value is -3.58. The number of carbonyl (C=O) groups excluding carboxylic acids is 1. The Morgan fingerprint density at radius 1 is 0.914 bits per heavy atom. The van der Waals surface area contributed by atoms with Crippen molar-refractivity contribution in [1.82, 2.24) is 14.8 Å². The Kier molecular flexibility index (Phi) is 8.57. The Labute approximate surface area is 210 Å². The SMILES string of the molecule is CCOc1ccc(-n2c(CCc3ccccc3)nnc2SCC(=O)Nc2ccccc2CC)cc1. The largest absolute Gasteiger partial charge is 0.494 e. The van der Waals surface area contributed by atoms with E-state index >= 15 is 0 Å². The Balaban J connectivity index is 1.52. The van der Waals surface area contributed by atoms with Crippen molar-refractivity contribution in [3.05, 3.63) is 95.8 Å². The Morgan fingerprint density at radius 2 is 1.66 bits per heavy atom. The molecule has 0 aliphatic heterocycles. The van der Waals surface area contributed by atoms with E-state index in [0.29, 0.717) is 11.8 Å². The molecular weight excluding hydrogens is 456 g/mol. The van der Waals surface area contributed by atoms with Gasteiger partial charge in [0.05, 0.1) is 12.4 Å². The minimum atomic E-state index is -0.0667. The molecule has 0 unspecified atom stereocenters. The molecule has 1 aromatic heterocycles. The van der Waals surface area contributed by atoms with Crippen molar-refractivity contribution in [2.24, 2.45) is 0 Å². The standard InChI is InChI=1S/C28H30N4O2S/c1-3-22-12-8-9-13-25(22)29-27(33)20-35-28-31-30-26(19-14-21-10-6-5-7-11-21)32(28)23-15-17-24(18-16-23)34-4-2/h5-13,15-18H,3-4,14,19-20H2,1-2H3,(H,29,33). The molecule has 0 fully saturated rings. The predicted octanol–water partition coefficient (Wildman–Crippen LogP) is 5.74. The van der Waals surface area contributed by atoms with Crippen molar-refractivity contribution in [3.63, 3.8) is 0 Å². The molecule has 6 nitrogen and oxygen atoms in total. The van der Waals surface area contributed by atoms with Crippen LogP contribution in [0.25, 0.3) is 5.69 Å². The fourth-order valence-electron chi connectivity index (χ4n) is 3.84. The molecule has 7 heteroatoms. The fourth-order valence-corrected chi connectivity index (χ4v) is 4.61. The molecule has 4 rings (SSSR count). The van der Waals surface area contributed by atoms with E-state index in [1.54, 1.807) is 0 Å². The van der Waals surface area contributed by atoms with E-state index in [1.165, 1.54) is 17.3 Å². The van der Waals surface area contributed by atoms with Gasteiger partial charge in [-0.05, 0) is 61.2 Å². The maximum Gasteiger partial charge on any atom is 0.234 e. The van der Waals surface area contributed by atoms with Gasteiger partial charge in [-0.15, -0.1) is 10.2 Å². The molecular formula is C28H30N4O2S. The first-order valence-electron chi connectivity index (χ1n) is 11.9. The molecule has 3 aromatic carbocycles. The Morgan fingerprint density at radius 3 is 2.40 bits per heavy atom. The molecule has 35 heavy (non-hydrogen) atoms. The van der Waals surface area contributed by atoms with Crippen LogP contribution in [-0.2, 0) is 24.1 Å². The molecule has 0 saturated carbocycles. The average Bonchev–Trinajstić information content (AvgIpc) is 3.30. The first kappa shape index (κ1) is 24.5. The summed E-state index contributed by atoms with van der Waals surface area (Å²) in [6.45, 7) is 4.66. The smallest absolute Gasteiger partial charge is 0.234 e. The number of nitrogens with zero attached hydrogens (tertiary/aromatic N) is 3. The van der Waals surface area contributed by atoms with Crippen LogP contribution in [0.2, 0.25) is 0 Å². The number of hydrogen-bond acceptors (Lipinski definition) is 5. The summed E-state index contributed by atoms with van der Waals surface area (Å²) in [5, 5.41) is 12.6. The van der Waals surface area contributed by atoms with Gasteiger partial charge in [-0.1, -0.05) is 67.2 Å². The monoisotopic (exact) mass is 486 g/mol. The highest BCUT2D eigenvalue weighted by Gasteiger charge is 2.17. The van der Waals surface area contributed by atoms with Crippen molar-refractivity contribution in [1.29, 1.82) is 0 Å². The molecule has 1 N–H and O–H groups in total. The quantitative estimate of drug-likeness (QED) is 0.274. The lowest BCUT2D eigenvalue weighted by Crippen LogP contribution is -2.15. The van der Waals surface area contributed by atoms with Crippen LogP contribution in [0.15, 0.2) is 84.0 Å². The summed E-state index contributed by atoms with van der Waals surface area (Å²) < 4.78 is 7.64. The van der Waals surface area contributed by atoms with E-state index in [4.69, 9.17) is 4.74 Å². The van der Waals surface area contributed by atoms with Gasteiger partial charge in [0.2, 0.25) is 5.91 Å². The highest BCUT2D eigenvalue weighted by atomic mass is 32.2. The summed E-state index contributed by atoms with van der Waals surface area (Å²) >= 11 is 1.39. The van der Waals surface area contributed by atoms with Crippen LogP contribution in [0.1, 0.15) is 30.8 Å². The number of anilines is 1. The van der Waals surface area contributed by atoms with Crippen LogP contribution < -0.4 is 10.1 Å². The number of amides is 1. The van der Waals surface area contributed by atoms with Gasteiger partial charge in [-0.2, -0.15) is 0 Å². The zero-order valence-corrected chi connectivity index (χ0v) is 20.9. The number of aryl methyl sites for hydroxylation is 3. The van der Waals surface area contributed by atoms with E-state index in [0.717, 1.165) is 47.8 Å². The lowest BCUT2D eigenvalue weighted by Gasteiger charge is -2.12. The second-order valence-corrected chi connectivity index (χ2v) is 8.94. The second-order valence-electron chi connectivity index (χ2n) is 7.99. The van der Waals surface area contributed by atoms with Crippen LogP contribution in [0, 0.1) is 0 Å². The number of para-hydroxylation sites is 1. The van der Waals surface area contributed by atoms with E-state index < -0.39 is 0 Å². The summed E-state index contributed by atoms with van der Waals surface area (Å²) in [6.07, 6.45) is 2.45. The average molecular weight is 487 g/mol. The van der Waals surface area contributed by atoms with Gasteiger partial charge in [-0.3, -0.25) is 9.36 Å². The van der Waals surface area contributed by atoms with Crippen LogP contribution in [0.4, 0.5) is 5.69 Å². The minimum absolute atomic E-state index is 0.0667. The van der Waals surface area contributed by atoms with Crippen LogP contribution >= 0.6 is 11.8 Å². The third-order valence-electron chi connectivity index (χ3n) is 5.59. The molecule has 0 aliphatic rings. The Bertz CT molecular complexity index is 1240. The summed E-state index contributed by atoms with van der Waals surface area (Å²) in [7, 11) is 0. The van der Waals surface area contributed by atoms with Crippen LogP contribution in [-0.4, -0.2) is 33.0 Å². The summed E-state index contributed by atoms with van der Waals surface area (Å²) in [5.74, 6) is 1.85. The zero-order chi connectivity index (χ0) is 24.5. The maximum absolute atomic E-state index is 12.7. The maximum atomic E-state index is 12.7. The van der Waals surface area contributed by atoms with Crippen molar-refractivity contribution in [2.75, 3.05) is 17.7 Å². The molecule has 0 aliphatic carbocycles. The van der Waals surface area contributed by atoms with E-state index in [2.05, 4.69) is 34.6 Å². The number of carbonyl (C=O) groups is 1. The van der Waals surface area contributed by atoms with E-state index in [9.17, 15) is 4.79 Å². The number of hydrogen-bond donors (Lipinski definition) is 1. The fraction of sp³-hybridized carbons (Fsp3) is 0.250. The second kappa shape index (κ2) is 12.2. The van der Waals surface area contributed by atoms with Crippen molar-refractivity contribution in [3.8, 4) is 11.4 Å². The predicted molar refractivity (Wildman–Crippen MR) is 142 cm³/mol. The molecule has 1 heterocycles. The lowest BCUT2D eigenvalue weighted by atomic mass is 10.1. The van der Waals surface area contributed by atoms with Gasteiger partial charge < -0.3 is 10.1 Å². The summed E-state index contributed by atoms with van der Waals surface area (Å²) in [4.78, 5) is 12.7. The molecule has 0 saturated heterocycles. The topological polar surface area (TPSA) is 69.0 Å². The number of thioether (sulfide) groups is 1. The normalized spacial score (nSPS) is 10.8. The summed E-state index contributed by atoms with van der Waals surface area (Å²) in [6, 6.07) is 26.1. The lowest BCUT2D eigenvalue weighted by molar-refractivity contribution is -0.113. The van der Waals surface area contributed by atoms with Gasteiger partial charge in [0.15, 0.2) is 5.16 Å². The number of benzene rings is 3. The highest BCUT2D eigenvalue weighted by molar-refractivity contribution is 7.99. The van der Waals surface area contributed by atoms with Gasteiger partial charge in [-0.25, -0.2) is 0 Å². The number of ether oxygens (including phenoxy) is 1. The van der Waals surface area contributed by atoms with Gasteiger partial charge in [0.1, 0.15) is 11.6 Å². The van der Waals surface area contributed by atoms with Crippen molar-refractivity contribution < 1.29 is 9.53 Å². The van der Waals surface area contributed by atoms with Crippen LogP contribution in [0.5, 0.6) is 5.75 Å². The van der Waals surface area contributed by atoms with Gasteiger partial charge >= 0.3 is 0 Å². The molecule has 4 aromatic rings. The molecule has 1 amide bonds. The third kappa shape index (κ3) is 6.51. The third-order valence-corrected chi connectivity index (χ3v) is 6.52. The number of aromatic nitrogens is 3. The first-order chi connectivity index (χ1) is 17.2. The number of rotatable bonds is 11. The van der Waals surface area contributed by atoms with Crippen molar-refractivity contribution in [2.45, 2.75) is 38.3 Å². The summed E-state index contributed by atoms with van der Waals surface area (Å²) in [5.41, 5.74) is 4.17. The van der Waals surface area contributed by atoms with E-state index in [1.807, 2.05) is 78.2 Å². The zero-order valence-electron chi connectivity index (χ0n) is 20.1. The highest BCUT2D eigenvalue weighted by Crippen LogP contribution is 2.25. The van der Waals surface area contributed by atoms with Crippen LogP contribution in [0.3, 0.4) is 0 Å². The molecule has 0 radical (unpaired) electrons.